The molecule has 14 heteroatoms. The molecule has 0 radical (unpaired) electrons. The van der Waals surface area contributed by atoms with Gasteiger partial charge in [0.2, 0.25) is 11.8 Å². The molecular formula is C40H48F2N8O4. The molecule has 54 heavy (non-hydrogen) atoms. The Hall–Kier alpha value is -5.27. The fourth-order valence-corrected chi connectivity index (χ4v) is 8.03. The van der Waals surface area contributed by atoms with Crippen molar-refractivity contribution in [2.45, 2.75) is 95.9 Å². The van der Waals surface area contributed by atoms with Gasteiger partial charge in [-0.1, -0.05) is 30.3 Å². The molecule has 4 aromatic rings. The number of benzene rings is 2. The number of carbonyl (C=O) groups is 3. The van der Waals surface area contributed by atoms with Gasteiger partial charge < -0.3 is 29.8 Å². The highest BCUT2D eigenvalue weighted by molar-refractivity contribution is 5.88. The number of hydrogen-bond acceptors (Lipinski definition) is 7. The van der Waals surface area contributed by atoms with E-state index in [1.165, 1.54) is 25.3 Å². The molecule has 0 bridgehead atoms. The zero-order valence-corrected chi connectivity index (χ0v) is 31.2. The molecule has 0 unspecified atom stereocenters. The van der Waals surface area contributed by atoms with Crippen molar-refractivity contribution >= 4 is 23.6 Å². The van der Waals surface area contributed by atoms with Crippen LogP contribution in [0.4, 0.5) is 19.3 Å². The van der Waals surface area contributed by atoms with Gasteiger partial charge in [-0.3, -0.25) is 14.5 Å². The predicted octanol–water partition coefficient (Wildman–Crippen LogP) is 7.07. The van der Waals surface area contributed by atoms with E-state index in [4.69, 9.17) is 4.74 Å². The fraction of sp³-hybridized carbons (Fsp3) is 0.475. The third kappa shape index (κ3) is 7.83. The Morgan fingerprint density at radius 3 is 2.11 bits per heavy atom. The number of H-pyrrole nitrogens is 2. The number of nitrogens with one attached hydrogen (secondary N) is 3. The summed E-state index contributed by atoms with van der Waals surface area (Å²) >= 11 is 0. The monoisotopic (exact) mass is 742 g/mol. The third-order valence-corrected chi connectivity index (χ3v) is 10.6. The van der Waals surface area contributed by atoms with E-state index in [9.17, 15) is 14.4 Å². The number of ether oxygens (including phenoxy) is 1. The number of carbonyl (C=O) groups excluding carboxylic acids is 3. The number of halogens is 2. The van der Waals surface area contributed by atoms with Crippen molar-refractivity contribution < 1.29 is 27.9 Å². The lowest BCUT2D eigenvalue weighted by molar-refractivity contribution is -0.137. The van der Waals surface area contributed by atoms with Crippen LogP contribution in [0, 0.1) is 11.6 Å². The average Bonchev–Trinajstić information content (AvgIpc) is 3.96. The van der Waals surface area contributed by atoms with E-state index in [2.05, 4.69) is 25.3 Å². The van der Waals surface area contributed by atoms with E-state index in [-0.39, 0.29) is 41.6 Å². The van der Waals surface area contributed by atoms with Crippen molar-refractivity contribution in [2.75, 3.05) is 31.1 Å². The summed E-state index contributed by atoms with van der Waals surface area (Å²) in [5, 5.41) is 2.78. The lowest BCUT2D eigenvalue weighted by atomic mass is 9.93. The number of anilines is 1. The second-order valence-electron chi connectivity index (χ2n) is 15.5. The second-order valence-corrected chi connectivity index (χ2v) is 15.5. The van der Waals surface area contributed by atoms with Crippen LogP contribution in [0.2, 0.25) is 0 Å². The Morgan fingerprint density at radius 1 is 0.852 bits per heavy atom. The first kappa shape index (κ1) is 37.1. The van der Waals surface area contributed by atoms with Gasteiger partial charge in [0.05, 0.1) is 24.0 Å². The smallest absolute Gasteiger partial charge is 0.410 e. The molecule has 3 atom stereocenters. The molecule has 0 spiro atoms. The van der Waals surface area contributed by atoms with Gasteiger partial charge in [0, 0.05) is 56.5 Å². The second kappa shape index (κ2) is 15.2. The first-order valence-electron chi connectivity index (χ1n) is 18.8. The summed E-state index contributed by atoms with van der Waals surface area (Å²) < 4.78 is 37.1. The quantitative estimate of drug-likeness (QED) is 0.176. The number of piperidine rings is 1. The fourth-order valence-electron chi connectivity index (χ4n) is 8.03. The van der Waals surface area contributed by atoms with E-state index < -0.39 is 23.3 Å². The molecule has 2 aromatic carbocycles. The highest BCUT2D eigenvalue weighted by Gasteiger charge is 2.38. The topological polar surface area (TPSA) is 140 Å². The molecule has 2 aromatic heterocycles. The normalized spacial score (nSPS) is 20.0. The first-order valence-corrected chi connectivity index (χ1v) is 18.8. The molecule has 3 aliphatic rings. The van der Waals surface area contributed by atoms with Crippen LogP contribution in [0.15, 0.2) is 54.9 Å². The lowest BCUT2D eigenvalue weighted by Gasteiger charge is -2.33. The highest BCUT2D eigenvalue weighted by atomic mass is 19.1. The SMILES string of the molecule is CC(=O)N[C@@H](C(=O)N1CCC[C@H]1c1ncc(-c2cc(F)c(N3CCC(c4cnc([C@@H]5CCCN5C(=O)OC(C)(C)C)[nH]4)CC3)c(F)c2)[nH]1)c1ccccc1. The molecule has 3 fully saturated rings. The molecule has 5 heterocycles. The van der Waals surface area contributed by atoms with Gasteiger partial charge in [0.15, 0.2) is 0 Å². The highest BCUT2D eigenvalue weighted by Crippen LogP contribution is 2.38. The van der Waals surface area contributed by atoms with E-state index in [0.717, 1.165) is 30.8 Å². The molecule has 0 saturated carbocycles. The van der Waals surface area contributed by atoms with Crippen LogP contribution >= 0.6 is 0 Å². The summed E-state index contributed by atoms with van der Waals surface area (Å²) in [4.78, 5) is 59.7. The number of hydrogen-bond donors (Lipinski definition) is 3. The first-order chi connectivity index (χ1) is 25.9. The summed E-state index contributed by atoms with van der Waals surface area (Å²) in [5.74, 6) is -0.490. The standard InChI is InChI=1S/C40H48F2N8O4/c1-24(51)45-34(26-10-6-5-7-11-26)38(52)49-16-8-12-32(49)36-44-23-31(47-36)27-20-28(41)35(29(42)21-27)48-18-14-25(15-19-48)30-22-43-37(46-30)33-13-9-17-50(33)39(53)54-40(2,3)4/h5-7,10-11,20-23,25,32-34H,8-9,12-19H2,1-4H3,(H,43,46)(H,44,47)(H,45,51)/t32-,33-,34+/m0/s1. The van der Waals surface area contributed by atoms with Gasteiger partial charge in [-0.05, 0) is 77.0 Å². The summed E-state index contributed by atoms with van der Waals surface area (Å²) in [6.07, 6.45) is 7.44. The number of aromatic amines is 2. The third-order valence-electron chi connectivity index (χ3n) is 10.6. The summed E-state index contributed by atoms with van der Waals surface area (Å²) in [5.41, 5.74) is 1.76. The Morgan fingerprint density at radius 2 is 1.46 bits per heavy atom. The maximum atomic E-state index is 15.7. The van der Waals surface area contributed by atoms with Crippen molar-refractivity contribution in [1.29, 1.82) is 0 Å². The number of nitrogens with zero attached hydrogens (tertiary/aromatic N) is 5. The van der Waals surface area contributed by atoms with Crippen LogP contribution in [0.25, 0.3) is 11.3 Å². The molecular weight excluding hydrogens is 694 g/mol. The van der Waals surface area contributed by atoms with Crippen LogP contribution in [-0.4, -0.2) is 79.4 Å². The molecule has 7 rings (SSSR count). The van der Waals surface area contributed by atoms with E-state index in [0.29, 0.717) is 68.1 Å². The number of rotatable bonds is 8. The van der Waals surface area contributed by atoms with E-state index in [1.54, 1.807) is 26.8 Å². The Bertz CT molecular complexity index is 1960. The van der Waals surface area contributed by atoms with Crippen LogP contribution in [-0.2, 0) is 14.3 Å². The van der Waals surface area contributed by atoms with Crippen LogP contribution in [0.3, 0.4) is 0 Å². The maximum Gasteiger partial charge on any atom is 0.410 e. The number of amides is 3. The Labute approximate surface area is 313 Å². The van der Waals surface area contributed by atoms with Crippen molar-refractivity contribution in [3.8, 4) is 11.3 Å². The lowest BCUT2D eigenvalue weighted by Crippen LogP contribution is -2.42. The average molecular weight is 743 g/mol. The van der Waals surface area contributed by atoms with Gasteiger partial charge in [-0.15, -0.1) is 0 Å². The van der Waals surface area contributed by atoms with E-state index in [1.807, 2.05) is 45.2 Å². The van der Waals surface area contributed by atoms with Crippen molar-refractivity contribution in [2.24, 2.45) is 0 Å². The summed E-state index contributed by atoms with van der Waals surface area (Å²) in [7, 11) is 0. The minimum absolute atomic E-state index is 0.0568. The van der Waals surface area contributed by atoms with Gasteiger partial charge in [-0.2, -0.15) is 0 Å². The van der Waals surface area contributed by atoms with Crippen LogP contribution in [0.5, 0.6) is 0 Å². The summed E-state index contributed by atoms with van der Waals surface area (Å²) in [6.45, 7) is 8.96. The molecule has 0 aliphatic carbocycles. The van der Waals surface area contributed by atoms with Crippen LogP contribution in [0.1, 0.15) is 113 Å². The molecule has 3 saturated heterocycles. The zero-order chi connectivity index (χ0) is 38.1. The Balaban J connectivity index is 1.00. The Kier molecular flexibility index (Phi) is 10.5. The van der Waals surface area contributed by atoms with Crippen molar-refractivity contribution in [1.82, 2.24) is 35.1 Å². The zero-order valence-electron chi connectivity index (χ0n) is 31.2. The van der Waals surface area contributed by atoms with Gasteiger partial charge in [0.1, 0.15) is 40.6 Å². The van der Waals surface area contributed by atoms with Gasteiger partial charge in [-0.25, -0.2) is 23.5 Å². The number of likely N-dealkylation sites (tertiary alicyclic amines) is 2. The molecule has 3 amide bonds. The molecule has 12 nitrogen and oxygen atoms in total. The predicted molar refractivity (Wildman–Crippen MR) is 198 cm³/mol. The van der Waals surface area contributed by atoms with Crippen molar-refractivity contribution in [3.05, 3.63) is 89.4 Å². The number of aromatic nitrogens is 4. The molecule has 3 aliphatic heterocycles. The minimum atomic E-state index is -0.842. The van der Waals surface area contributed by atoms with E-state index >= 15 is 8.78 Å². The van der Waals surface area contributed by atoms with Gasteiger partial charge in [0.25, 0.3) is 0 Å². The summed E-state index contributed by atoms with van der Waals surface area (Å²) in [6, 6.07) is 10.3. The largest absolute Gasteiger partial charge is 0.444 e. The van der Waals surface area contributed by atoms with Gasteiger partial charge >= 0.3 is 6.09 Å². The number of imidazole rings is 2. The molecule has 3 N–H and O–H groups in total. The van der Waals surface area contributed by atoms with Crippen LogP contribution < -0.4 is 10.2 Å². The minimum Gasteiger partial charge on any atom is -0.444 e. The molecule has 286 valence electrons. The van der Waals surface area contributed by atoms with Crippen molar-refractivity contribution in [3.63, 3.8) is 0 Å². The maximum absolute atomic E-state index is 15.7.